The number of carbonyl (C=O) groups excluding carboxylic acids is 1. The van der Waals surface area contributed by atoms with Crippen molar-refractivity contribution in [2.24, 2.45) is 0 Å². The van der Waals surface area contributed by atoms with Gasteiger partial charge in [0.05, 0.1) is 0 Å². The molecule has 0 saturated heterocycles. The second-order valence-electron chi connectivity index (χ2n) is 5.70. The third kappa shape index (κ3) is 4.76. The van der Waals surface area contributed by atoms with Crippen molar-refractivity contribution >= 4 is 34.6 Å². The number of halogens is 1. The van der Waals surface area contributed by atoms with Crippen LogP contribution in [0.3, 0.4) is 0 Å². The van der Waals surface area contributed by atoms with Crippen LogP contribution in [0.2, 0.25) is 0 Å². The average molecular weight is 351 g/mol. The number of benzene rings is 2. The molecule has 0 saturated carbocycles. The van der Waals surface area contributed by atoms with Gasteiger partial charge in [0.25, 0.3) is 0 Å². The molecule has 6 nitrogen and oxygen atoms in total. The molecular formula is C19H18FN5O. The number of nitrogens with zero attached hydrogens (tertiary/aromatic N) is 2. The molecular weight excluding hydrogens is 333 g/mol. The molecule has 0 radical (unpaired) electrons. The van der Waals surface area contributed by atoms with Crippen LogP contribution in [0.1, 0.15) is 12.7 Å². The molecule has 3 rings (SSSR count). The van der Waals surface area contributed by atoms with Gasteiger partial charge in [-0.05, 0) is 55.5 Å². The zero-order valence-electron chi connectivity index (χ0n) is 14.4. The summed E-state index contributed by atoms with van der Waals surface area (Å²) in [5, 5.41) is 9.04. The molecule has 0 bridgehead atoms. The predicted molar refractivity (Wildman–Crippen MR) is 100 cm³/mol. The maximum atomic E-state index is 13.0. The van der Waals surface area contributed by atoms with Gasteiger partial charge >= 0.3 is 0 Å². The Labute approximate surface area is 150 Å². The zero-order chi connectivity index (χ0) is 18.5. The van der Waals surface area contributed by atoms with E-state index < -0.39 is 0 Å². The fraction of sp³-hybridized carbons (Fsp3) is 0.105. The molecule has 0 aliphatic heterocycles. The maximum Gasteiger partial charge on any atom is 0.221 e. The number of aryl methyl sites for hydroxylation is 1. The molecule has 0 aliphatic carbocycles. The Morgan fingerprint density at radius 3 is 1.81 bits per heavy atom. The number of aromatic nitrogens is 2. The number of nitrogens with one attached hydrogen (secondary N) is 3. The van der Waals surface area contributed by atoms with Crippen LogP contribution in [-0.4, -0.2) is 15.9 Å². The molecule has 132 valence electrons. The molecule has 1 amide bonds. The van der Waals surface area contributed by atoms with E-state index in [0.29, 0.717) is 17.5 Å². The standard InChI is InChI=1S/C19H18FN5O/c1-12-21-18(24-16-5-3-14(20)4-6-16)11-19(22-12)25-17-9-7-15(8-10-17)23-13(2)26/h3-11H,1-2H3,(H,23,26)(H2,21,22,24,25). The van der Waals surface area contributed by atoms with Crippen LogP contribution in [0.4, 0.5) is 33.1 Å². The first-order valence-electron chi connectivity index (χ1n) is 8.01. The summed E-state index contributed by atoms with van der Waals surface area (Å²) >= 11 is 0. The Balaban J connectivity index is 1.74. The monoisotopic (exact) mass is 351 g/mol. The molecule has 2 aromatic carbocycles. The Kier molecular flexibility index (Phi) is 5.07. The number of amides is 1. The number of anilines is 5. The lowest BCUT2D eigenvalue weighted by atomic mass is 10.2. The number of rotatable bonds is 5. The summed E-state index contributed by atoms with van der Waals surface area (Å²) in [5.41, 5.74) is 2.28. The Morgan fingerprint density at radius 2 is 1.31 bits per heavy atom. The van der Waals surface area contributed by atoms with E-state index in [4.69, 9.17) is 0 Å². The highest BCUT2D eigenvalue weighted by Crippen LogP contribution is 2.21. The van der Waals surface area contributed by atoms with Crippen molar-refractivity contribution in [2.45, 2.75) is 13.8 Å². The van der Waals surface area contributed by atoms with Gasteiger partial charge in [-0.1, -0.05) is 0 Å². The van der Waals surface area contributed by atoms with E-state index in [0.717, 1.165) is 17.1 Å². The van der Waals surface area contributed by atoms with Gasteiger partial charge in [0.2, 0.25) is 5.91 Å². The van der Waals surface area contributed by atoms with Crippen LogP contribution >= 0.6 is 0 Å². The molecule has 1 heterocycles. The molecule has 3 aromatic rings. The Hall–Kier alpha value is -3.48. The fourth-order valence-electron chi connectivity index (χ4n) is 2.36. The summed E-state index contributed by atoms with van der Waals surface area (Å²) < 4.78 is 13.0. The van der Waals surface area contributed by atoms with Crippen molar-refractivity contribution in [2.75, 3.05) is 16.0 Å². The van der Waals surface area contributed by atoms with Gasteiger partial charge < -0.3 is 16.0 Å². The first-order valence-corrected chi connectivity index (χ1v) is 8.01. The Bertz CT molecular complexity index is 910. The molecule has 26 heavy (non-hydrogen) atoms. The first-order chi connectivity index (χ1) is 12.5. The van der Waals surface area contributed by atoms with Crippen molar-refractivity contribution in [1.29, 1.82) is 0 Å². The van der Waals surface area contributed by atoms with Crippen LogP contribution in [0.15, 0.2) is 54.6 Å². The molecule has 0 atom stereocenters. The van der Waals surface area contributed by atoms with Gasteiger partial charge in [0.1, 0.15) is 23.3 Å². The minimum atomic E-state index is -0.292. The lowest BCUT2D eigenvalue weighted by Gasteiger charge is -2.11. The first kappa shape index (κ1) is 17.3. The second kappa shape index (κ2) is 7.60. The van der Waals surface area contributed by atoms with E-state index in [1.807, 2.05) is 12.1 Å². The van der Waals surface area contributed by atoms with E-state index in [9.17, 15) is 9.18 Å². The summed E-state index contributed by atoms with van der Waals surface area (Å²) in [6.07, 6.45) is 0. The van der Waals surface area contributed by atoms with Gasteiger partial charge in [-0.15, -0.1) is 0 Å². The van der Waals surface area contributed by atoms with E-state index in [1.54, 1.807) is 37.3 Å². The average Bonchev–Trinajstić information content (AvgIpc) is 2.58. The van der Waals surface area contributed by atoms with Crippen LogP contribution < -0.4 is 16.0 Å². The van der Waals surface area contributed by atoms with Gasteiger partial charge in [0.15, 0.2) is 0 Å². The minimum absolute atomic E-state index is 0.117. The number of hydrogen-bond donors (Lipinski definition) is 3. The van der Waals surface area contributed by atoms with Gasteiger partial charge in [-0.3, -0.25) is 4.79 Å². The summed E-state index contributed by atoms with van der Waals surface area (Å²) in [6, 6.07) is 15.1. The van der Waals surface area contributed by atoms with Gasteiger partial charge in [-0.25, -0.2) is 14.4 Å². The van der Waals surface area contributed by atoms with E-state index >= 15 is 0 Å². The number of hydrogen-bond acceptors (Lipinski definition) is 5. The second-order valence-corrected chi connectivity index (χ2v) is 5.70. The van der Waals surface area contributed by atoms with Crippen molar-refractivity contribution < 1.29 is 9.18 Å². The lowest BCUT2D eigenvalue weighted by molar-refractivity contribution is -0.114. The topological polar surface area (TPSA) is 78.9 Å². The fourth-order valence-corrected chi connectivity index (χ4v) is 2.36. The van der Waals surface area contributed by atoms with E-state index in [2.05, 4.69) is 25.9 Å². The normalized spacial score (nSPS) is 10.3. The minimum Gasteiger partial charge on any atom is -0.340 e. The molecule has 7 heteroatoms. The SMILES string of the molecule is CC(=O)Nc1ccc(Nc2cc(Nc3ccc(F)cc3)nc(C)n2)cc1. The van der Waals surface area contributed by atoms with Crippen molar-refractivity contribution in [3.8, 4) is 0 Å². The number of carbonyl (C=O) groups is 1. The van der Waals surface area contributed by atoms with Gasteiger partial charge in [-0.2, -0.15) is 0 Å². The smallest absolute Gasteiger partial charge is 0.221 e. The van der Waals surface area contributed by atoms with Crippen molar-refractivity contribution in [1.82, 2.24) is 9.97 Å². The maximum absolute atomic E-state index is 13.0. The van der Waals surface area contributed by atoms with E-state index in [-0.39, 0.29) is 11.7 Å². The van der Waals surface area contributed by atoms with Crippen LogP contribution in [0.25, 0.3) is 0 Å². The summed E-state index contributed by atoms with van der Waals surface area (Å²) in [5.74, 6) is 1.40. The van der Waals surface area contributed by atoms with Crippen molar-refractivity contribution in [3.05, 3.63) is 66.2 Å². The highest BCUT2D eigenvalue weighted by molar-refractivity contribution is 5.88. The van der Waals surface area contributed by atoms with Crippen LogP contribution in [-0.2, 0) is 4.79 Å². The molecule has 0 spiro atoms. The summed E-state index contributed by atoms with van der Waals surface area (Å²) in [6.45, 7) is 3.26. The molecule has 3 N–H and O–H groups in total. The Morgan fingerprint density at radius 1 is 0.846 bits per heavy atom. The van der Waals surface area contributed by atoms with Crippen molar-refractivity contribution in [3.63, 3.8) is 0 Å². The van der Waals surface area contributed by atoms with Gasteiger partial charge in [0, 0.05) is 30.1 Å². The largest absolute Gasteiger partial charge is 0.340 e. The summed E-state index contributed by atoms with van der Waals surface area (Å²) in [4.78, 5) is 19.8. The third-order valence-corrected chi connectivity index (χ3v) is 3.43. The van der Waals surface area contributed by atoms with Crippen LogP contribution in [0, 0.1) is 12.7 Å². The molecule has 0 aliphatic rings. The predicted octanol–water partition coefficient (Wildman–Crippen LogP) is 4.37. The highest BCUT2D eigenvalue weighted by Gasteiger charge is 2.04. The lowest BCUT2D eigenvalue weighted by Crippen LogP contribution is -2.05. The van der Waals surface area contributed by atoms with Crippen LogP contribution in [0.5, 0.6) is 0 Å². The summed E-state index contributed by atoms with van der Waals surface area (Å²) in [7, 11) is 0. The highest BCUT2D eigenvalue weighted by atomic mass is 19.1. The van der Waals surface area contributed by atoms with E-state index in [1.165, 1.54) is 19.1 Å². The third-order valence-electron chi connectivity index (χ3n) is 3.43. The quantitative estimate of drug-likeness (QED) is 0.636. The zero-order valence-corrected chi connectivity index (χ0v) is 14.4. The molecule has 0 unspecified atom stereocenters. The molecule has 0 fully saturated rings. The molecule has 1 aromatic heterocycles.